The second kappa shape index (κ2) is 11.0. The maximum atomic E-state index is 13.5. The van der Waals surface area contributed by atoms with Crippen LogP contribution >= 0.6 is 14.7 Å². The van der Waals surface area contributed by atoms with Gasteiger partial charge in [-0.2, -0.15) is 0 Å². The molecule has 12 heteroatoms. The van der Waals surface area contributed by atoms with E-state index in [9.17, 15) is 23.5 Å². The third-order valence-electron chi connectivity index (χ3n) is 6.14. The summed E-state index contributed by atoms with van der Waals surface area (Å²) in [4.78, 5) is 38.5. The van der Waals surface area contributed by atoms with Crippen LogP contribution in [-0.4, -0.2) is 85.9 Å². The molecular formula is C21H33NO9P2. The van der Waals surface area contributed by atoms with Crippen LogP contribution in [0.1, 0.15) is 27.2 Å². The van der Waals surface area contributed by atoms with Crippen LogP contribution in [0, 0.1) is 11.8 Å². The van der Waals surface area contributed by atoms with Gasteiger partial charge in [-0.15, -0.1) is 0 Å². The van der Waals surface area contributed by atoms with Crippen molar-refractivity contribution in [1.82, 2.24) is 4.90 Å². The highest BCUT2D eigenvalue weighted by atomic mass is 31.2. The summed E-state index contributed by atoms with van der Waals surface area (Å²) in [6.45, 7) is 5.67. The lowest BCUT2D eigenvalue weighted by Crippen LogP contribution is -2.36. The molecule has 10 nitrogen and oxygen atoms in total. The highest BCUT2D eigenvalue weighted by molar-refractivity contribution is 7.63. The molecule has 0 radical (unpaired) electrons. The van der Waals surface area contributed by atoms with E-state index in [0.717, 1.165) is 0 Å². The monoisotopic (exact) mass is 505 g/mol. The van der Waals surface area contributed by atoms with E-state index < -0.39 is 32.5 Å². The Morgan fingerprint density at radius 3 is 1.88 bits per heavy atom. The molecule has 0 spiro atoms. The predicted octanol–water partition coefficient (Wildman–Crippen LogP) is 2.51. The van der Waals surface area contributed by atoms with Gasteiger partial charge in [0, 0.05) is 31.2 Å². The van der Waals surface area contributed by atoms with Gasteiger partial charge in [-0.1, -0.05) is 12.2 Å². The van der Waals surface area contributed by atoms with Crippen LogP contribution in [0.4, 0.5) is 0 Å². The van der Waals surface area contributed by atoms with Crippen LogP contribution in [0.15, 0.2) is 12.2 Å². The SMILES string of the molecule is CCOC(=O)CCP(=O)(CCP(=O)(CCN1C(=O)C2C3C=CC(O3)C2C1=O)OCC)OCC. The second-order valence-corrected chi connectivity index (χ2v) is 13.8. The molecular weight excluding hydrogens is 472 g/mol. The van der Waals surface area contributed by atoms with Crippen molar-refractivity contribution in [2.45, 2.75) is 39.4 Å². The fraction of sp³-hybridized carbons (Fsp3) is 0.762. The van der Waals surface area contributed by atoms with Gasteiger partial charge in [0.05, 0.1) is 50.3 Å². The van der Waals surface area contributed by atoms with Crippen molar-refractivity contribution >= 4 is 32.5 Å². The number of rotatable bonds is 14. The summed E-state index contributed by atoms with van der Waals surface area (Å²) < 4.78 is 48.2. The molecule has 2 bridgehead atoms. The Hall–Kier alpha value is -1.31. The van der Waals surface area contributed by atoms with Gasteiger partial charge < -0.3 is 18.5 Å². The number of amides is 2. The van der Waals surface area contributed by atoms with Gasteiger partial charge >= 0.3 is 5.97 Å². The number of fused-ring (bicyclic) bond motifs is 5. The first-order valence-electron chi connectivity index (χ1n) is 11.5. The van der Waals surface area contributed by atoms with E-state index in [1.165, 1.54) is 4.90 Å². The van der Waals surface area contributed by atoms with Crippen LogP contribution in [0.3, 0.4) is 0 Å². The van der Waals surface area contributed by atoms with E-state index in [0.29, 0.717) is 0 Å². The van der Waals surface area contributed by atoms with Crippen molar-refractivity contribution in [3.05, 3.63) is 12.2 Å². The fourth-order valence-corrected chi connectivity index (χ4v) is 9.96. The van der Waals surface area contributed by atoms with Crippen LogP contribution < -0.4 is 0 Å². The van der Waals surface area contributed by atoms with Crippen molar-refractivity contribution in [2.24, 2.45) is 11.8 Å². The average Bonchev–Trinajstić information content (AvgIpc) is 3.45. The predicted molar refractivity (Wildman–Crippen MR) is 121 cm³/mol. The molecule has 0 aromatic carbocycles. The highest BCUT2D eigenvalue weighted by Gasteiger charge is 2.60. The van der Waals surface area contributed by atoms with Crippen LogP contribution in [0.2, 0.25) is 0 Å². The lowest BCUT2D eigenvalue weighted by Gasteiger charge is -2.24. The minimum atomic E-state index is -3.31. The number of nitrogens with zero attached hydrogens (tertiary/aromatic N) is 1. The van der Waals surface area contributed by atoms with Crippen molar-refractivity contribution in [1.29, 1.82) is 0 Å². The van der Waals surface area contributed by atoms with Gasteiger partial charge in [0.15, 0.2) is 0 Å². The van der Waals surface area contributed by atoms with Crippen LogP contribution in [0.5, 0.6) is 0 Å². The van der Waals surface area contributed by atoms with E-state index in [1.807, 2.05) is 12.2 Å². The van der Waals surface area contributed by atoms with E-state index in [2.05, 4.69) is 0 Å². The number of likely N-dealkylation sites (tertiary alicyclic amines) is 1. The molecule has 186 valence electrons. The molecule has 3 aliphatic rings. The summed E-state index contributed by atoms with van der Waals surface area (Å²) in [5.41, 5.74) is 0. The van der Waals surface area contributed by atoms with Gasteiger partial charge in [-0.05, 0) is 20.8 Å². The third-order valence-corrected chi connectivity index (χ3v) is 11.5. The molecule has 3 aliphatic heterocycles. The molecule has 0 N–H and O–H groups in total. The summed E-state index contributed by atoms with van der Waals surface area (Å²) in [7, 11) is -6.55. The largest absolute Gasteiger partial charge is 0.466 e. The molecule has 6 atom stereocenters. The Labute approximate surface area is 194 Å². The maximum Gasteiger partial charge on any atom is 0.306 e. The van der Waals surface area contributed by atoms with Gasteiger partial charge in [0.25, 0.3) is 0 Å². The van der Waals surface area contributed by atoms with E-state index >= 15 is 0 Å². The molecule has 0 aromatic heterocycles. The molecule has 3 rings (SSSR count). The van der Waals surface area contributed by atoms with Crippen LogP contribution in [0.25, 0.3) is 0 Å². The minimum Gasteiger partial charge on any atom is -0.466 e. The van der Waals surface area contributed by atoms with Crippen molar-refractivity contribution in [3.63, 3.8) is 0 Å². The van der Waals surface area contributed by atoms with E-state index in [-0.39, 0.29) is 81.5 Å². The summed E-state index contributed by atoms with van der Waals surface area (Å²) >= 11 is 0. The molecule has 2 saturated heterocycles. The first-order chi connectivity index (χ1) is 15.7. The molecule has 0 aliphatic carbocycles. The van der Waals surface area contributed by atoms with Crippen molar-refractivity contribution in [3.8, 4) is 0 Å². The highest BCUT2D eigenvalue weighted by Crippen LogP contribution is 2.55. The quantitative estimate of drug-likeness (QED) is 0.151. The number of ether oxygens (including phenoxy) is 2. The number of imide groups is 1. The third kappa shape index (κ3) is 5.85. The first kappa shape index (κ1) is 26.3. The smallest absolute Gasteiger partial charge is 0.306 e. The van der Waals surface area contributed by atoms with Crippen LogP contribution in [-0.2, 0) is 42.0 Å². The number of hydrogen-bond donors (Lipinski definition) is 0. The molecule has 3 heterocycles. The molecule has 0 saturated carbocycles. The number of carbonyl (C=O) groups excluding carboxylic acids is 3. The summed E-state index contributed by atoms with van der Waals surface area (Å²) in [5.74, 6) is -2.10. The Morgan fingerprint density at radius 2 is 1.39 bits per heavy atom. The minimum absolute atomic E-state index is 0.00592. The fourth-order valence-electron chi connectivity index (χ4n) is 4.59. The molecule has 2 fully saturated rings. The average molecular weight is 505 g/mol. The first-order valence-corrected chi connectivity index (χ1v) is 15.5. The second-order valence-electron chi connectivity index (χ2n) is 8.24. The zero-order chi connectivity index (χ0) is 24.2. The number of carbonyl (C=O) groups is 3. The Kier molecular flexibility index (Phi) is 8.73. The summed E-state index contributed by atoms with van der Waals surface area (Å²) in [6.07, 6.45) is 2.74. The maximum absolute atomic E-state index is 13.5. The molecule has 2 amide bonds. The van der Waals surface area contributed by atoms with Gasteiger partial charge in [0.1, 0.15) is 0 Å². The Bertz CT molecular complexity index is 859. The normalized spacial score (nSPS) is 29.2. The Balaban J connectivity index is 1.60. The van der Waals surface area contributed by atoms with Gasteiger partial charge in [-0.3, -0.25) is 28.4 Å². The standard InChI is InChI=1S/C21H33NO9P2/c1-4-28-17(23)9-11-32(26,29-5-2)13-14-33(27,30-6-3)12-10-22-20(24)18-15-7-8-16(31-15)19(18)21(22)25/h7-8,15-16,18-19H,4-6,9-14H2,1-3H3. The number of hydrogen-bond acceptors (Lipinski definition) is 9. The van der Waals surface area contributed by atoms with Gasteiger partial charge in [-0.25, -0.2) is 0 Å². The van der Waals surface area contributed by atoms with E-state index in [1.54, 1.807) is 20.8 Å². The van der Waals surface area contributed by atoms with Crippen molar-refractivity contribution < 1.29 is 42.0 Å². The lowest BCUT2D eigenvalue weighted by atomic mass is 9.85. The zero-order valence-electron chi connectivity index (χ0n) is 19.3. The van der Waals surface area contributed by atoms with E-state index in [4.69, 9.17) is 18.5 Å². The molecule has 0 aromatic rings. The summed E-state index contributed by atoms with van der Waals surface area (Å²) in [6, 6.07) is 0. The molecule has 6 unspecified atom stereocenters. The van der Waals surface area contributed by atoms with Crippen molar-refractivity contribution in [2.75, 3.05) is 51.0 Å². The van der Waals surface area contributed by atoms with Gasteiger partial charge in [0.2, 0.25) is 26.6 Å². The zero-order valence-corrected chi connectivity index (χ0v) is 21.1. The number of esters is 1. The summed E-state index contributed by atoms with van der Waals surface area (Å²) in [5, 5.41) is 0. The topological polar surface area (TPSA) is 126 Å². The Morgan fingerprint density at radius 1 is 0.879 bits per heavy atom. The lowest BCUT2D eigenvalue weighted by molar-refractivity contribution is -0.143. The molecule has 33 heavy (non-hydrogen) atoms.